The molecule has 0 radical (unpaired) electrons. The molecule has 11 heavy (non-hydrogen) atoms. The van der Waals surface area contributed by atoms with Crippen molar-refractivity contribution >= 4 is 0 Å². The summed E-state index contributed by atoms with van der Waals surface area (Å²) in [5.41, 5.74) is 0. The molecule has 2 nitrogen and oxygen atoms in total. The van der Waals surface area contributed by atoms with Gasteiger partial charge in [-0.1, -0.05) is 13.3 Å². The third-order valence-corrected chi connectivity index (χ3v) is 1.44. The van der Waals surface area contributed by atoms with E-state index >= 15 is 0 Å². The van der Waals surface area contributed by atoms with E-state index in [1.54, 1.807) is 0 Å². The molecule has 0 N–H and O–H groups in total. The molecule has 0 aliphatic heterocycles. The Morgan fingerprint density at radius 1 is 1.09 bits per heavy atom. The van der Waals surface area contributed by atoms with Gasteiger partial charge in [-0.3, -0.25) is 0 Å². The quantitative estimate of drug-likeness (QED) is 0.439. The molecule has 68 valence electrons. The summed E-state index contributed by atoms with van der Waals surface area (Å²) in [5, 5.41) is 0. The molecule has 0 aromatic carbocycles. The fourth-order valence-corrected chi connectivity index (χ4v) is 0.852. The number of unbranched alkanes of at least 4 members (excludes halogenated alkanes) is 1. The molecule has 0 spiro atoms. The van der Waals surface area contributed by atoms with Gasteiger partial charge in [-0.25, -0.2) is 0 Å². The fourth-order valence-electron chi connectivity index (χ4n) is 0.852. The van der Waals surface area contributed by atoms with E-state index in [4.69, 9.17) is 9.47 Å². The minimum absolute atomic E-state index is 0.399. The van der Waals surface area contributed by atoms with Gasteiger partial charge in [0.25, 0.3) is 0 Å². The van der Waals surface area contributed by atoms with E-state index in [0.29, 0.717) is 6.61 Å². The Balaban J connectivity index is 3.38. The Hall–Kier alpha value is -0.0800. The minimum Gasteiger partial charge on any atom is -0.351 e. The second-order valence-electron chi connectivity index (χ2n) is 3.03. The topological polar surface area (TPSA) is 18.5 Å². The number of hydrogen-bond donors (Lipinski definition) is 0. The lowest BCUT2D eigenvalue weighted by Crippen LogP contribution is -2.28. The van der Waals surface area contributed by atoms with Crippen molar-refractivity contribution in [3.05, 3.63) is 0 Å². The summed E-state index contributed by atoms with van der Waals surface area (Å²) >= 11 is 0. The van der Waals surface area contributed by atoms with Gasteiger partial charge in [0.05, 0.1) is 0 Å². The summed E-state index contributed by atoms with van der Waals surface area (Å²) in [6.45, 7) is 9.53. The molecule has 0 unspecified atom stereocenters. The van der Waals surface area contributed by atoms with E-state index in [1.165, 1.54) is 6.42 Å². The summed E-state index contributed by atoms with van der Waals surface area (Å²) in [7, 11) is 0. The maximum atomic E-state index is 5.49. The number of rotatable bonds is 6. The first-order chi connectivity index (χ1) is 5.12. The Labute approximate surface area is 69.9 Å². The molecule has 0 bridgehead atoms. The van der Waals surface area contributed by atoms with Gasteiger partial charge in [-0.15, -0.1) is 0 Å². The van der Waals surface area contributed by atoms with Crippen molar-refractivity contribution in [2.24, 2.45) is 0 Å². The van der Waals surface area contributed by atoms with Crippen LogP contribution in [-0.2, 0) is 9.47 Å². The lowest BCUT2D eigenvalue weighted by Gasteiger charge is -2.24. The predicted octanol–water partition coefficient (Wildman–Crippen LogP) is 2.58. The van der Waals surface area contributed by atoms with E-state index in [2.05, 4.69) is 6.92 Å². The Morgan fingerprint density at radius 2 is 1.73 bits per heavy atom. The van der Waals surface area contributed by atoms with E-state index in [0.717, 1.165) is 13.0 Å². The Bertz CT molecular complexity index is 89.6. The van der Waals surface area contributed by atoms with Crippen LogP contribution in [0.3, 0.4) is 0 Å². The molecule has 0 aliphatic carbocycles. The van der Waals surface area contributed by atoms with Crippen molar-refractivity contribution in [1.82, 2.24) is 0 Å². The largest absolute Gasteiger partial charge is 0.351 e. The van der Waals surface area contributed by atoms with Crippen LogP contribution in [0, 0.1) is 0 Å². The lowest BCUT2D eigenvalue weighted by molar-refractivity contribution is -0.210. The van der Waals surface area contributed by atoms with Gasteiger partial charge in [-0.05, 0) is 27.2 Å². The zero-order valence-corrected chi connectivity index (χ0v) is 8.14. The van der Waals surface area contributed by atoms with E-state index in [1.807, 2.05) is 20.8 Å². The highest BCUT2D eigenvalue weighted by Crippen LogP contribution is 2.11. The van der Waals surface area contributed by atoms with E-state index < -0.39 is 5.79 Å². The monoisotopic (exact) mass is 160 g/mol. The van der Waals surface area contributed by atoms with Gasteiger partial charge < -0.3 is 9.47 Å². The zero-order valence-electron chi connectivity index (χ0n) is 8.14. The summed E-state index contributed by atoms with van der Waals surface area (Å²) in [6.07, 6.45) is 2.28. The molecule has 0 saturated heterocycles. The summed E-state index contributed by atoms with van der Waals surface area (Å²) in [5.74, 6) is -0.399. The second-order valence-corrected chi connectivity index (χ2v) is 3.03. The molecule has 0 amide bonds. The first-order valence-corrected chi connectivity index (χ1v) is 4.40. The number of ether oxygens (including phenoxy) is 2. The van der Waals surface area contributed by atoms with Gasteiger partial charge >= 0.3 is 0 Å². The van der Waals surface area contributed by atoms with Crippen LogP contribution in [0.4, 0.5) is 0 Å². The molecule has 0 fully saturated rings. The van der Waals surface area contributed by atoms with Crippen molar-refractivity contribution in [2.75, 3.05) is 13.2 Å². The lowest BCUT2D eigenvalue weighted by atomic mass is 10.3. The van der Waals surface area contributed by atoms with E-state index in [-0.39, 0.29) is 0 Å². The predicted molar refractivity (Wildman–Crippen MR) is 46.6 cm³/mol. The molecule has 0 saturated carbocycles. The van der Waals surface area contributed by atoms with Crippen molar-refractivity contribution < 1.29 is 9.47 Å². The minimum atomic E-state index is -0.399. The molecule has 0 heterocycles. The molecule has 0 rings (SSSR count). The van der Waals surface area contributed by atoms with Crippen LogP contribution in [0.25, 0.3) is 0 Å². The SMILES string of the molecule is CCCCOC(C)(C)OCC. The molecule has 0 aromatic rings. The smallest absolute Gasteiger partial charge is 0.162 e. The molecule has 2 heteroatoms. The molecular formula is C9H20O2. The normalized spacial score (nSPS) is 12.0. The summed E-state index contributed by atoms with van der Waals surface area (Å²) < 4.78 is 10.8. The van der Waals surface area contributed by atoms with Gasteiger partial charge in [0.1, 0.15) is 0 Å². The third-order valence-electron chi connectivity index (χ3n) is 1.44. The van der Waals surface area contributed by atoms with Crippen LogP contribution in [0.15, 0.2) is 0 Å². The average Bonchev–Trinajstić information content (AvgIpc) is 1.87. The Morgan fingerprint density at radius 3 is 2.18 bits per heavy atom. The highest BCUT2D eigenvalue weighted by atomic mass is 16.7. The fraction of sp³-hybridized carbons (Fsp3) is 1.00. The molecular weight excluding hydrogens is 140 g/mol. The maximum Gasteiger partial charge on any atom is 0.162 e. The standard InChI is InChI=1S/C9H20O2/c1-5-7-8-11-9(3,4)10-6-2/h5-8H2,1-4H3. The van der Waals surface area contributed by atoms with Gasteiger partial charge in [0.2, 0.25) is 0 Å². The van der Waals surface area contributed by atoms with Crippen molar-refractivity contribution in [3.63, 3.8) is 0 Å². The van der Waals surface area contributed by atoms with Crippen LogP contribution in [0.2, 0.25) is 0 Å². The molecule has 0 atom stereocenters. The van der Waals surface area contributed by atoms with Gasteiger partial charge in [0, 0.05) is 13.2 Å². The molecule has 0 aliphatic rings. The highest BCUT2D eigenvalue weighted by molar-refractivity contribution is 4.52. The first kappa shape index (κ1) is 10.9. The third kappa shape index (κ3) is 6.32. The van der Waals surface area contributed by atoms with Crippen LogP contribution in [0.5, 0.6) is 0 Å². The van der Waals surface area contributed by atoms with Gasteiger partial charge in [-0.2, -0.15) is 0 Å². The maximum absolute atomic E-state index is 5.49. The van der Waals surface area contributed by atoms with Crippen molar-refractivity contribution in [1.29, 1.82) is 0 Å². The zero-order chi connectivity index (χ0) is 8.74. The van der Waals surface area contributed by atoms with Gasteiger partial charge in [0.15, 0.2) is 5.79 Å². The van der Waals surface area contributed by atoms with Crippen LogP contribution >= 0.6 is 0 Å². The summed E-state index contributed by atoms with van der Waals surface area (Å²) in [4.78, 5) is 0. The van der Waals surface area contributed by atoms with Crippen molar-refractivity contribution in [2.45, 2.75) is 46.3 Å². The first-order valence-electron chi connectivity index (χ1n) is 4.40. The summed E-state index contributed by atoms with van der Waals surface area (Å²) in [6, 6.07) is 0. The Kier molecular flexibility index (Phi) is 5.51. The van der Waals surface area contributed by atoms with E-state index in [9.17, 15) is 0 Å². The second kappa shape index (κ2) is 5.56. The number of hydrogen-bond acceptors (Lipinski definition) is 2. The van der Waals surface area contributed by atoms with Crippen LogP contribution < -0.4 is 0 Å². The highest BCUT2D eigenvalue weighted by Gasteiger charge is 2.16. The van der Waals surface area contributed by atoms with Crippen LogP contribution in [-0.4, -0.2) is 19.0 Å². The molecule has 0 aromatic heterocycles. The van der Waals surface area contributed by atoms with Crippen LogP contribution in [0.1, 0.15) is 40.5 Å². The average molecular weight is 160 g/mol. The van der Waals surface area contributed by atoms with Crippen molar-refractivity contribution in [3.8, 4) is 0 Å².